The minimum Gasteiger partial charge on any atom is -0.481 e. The molecule has 1 rings (SSSR count). The highest BCUT2D eigenvalue weighted by Crippen LogP contribution is 2.28. The van der Waals surface area contributed by atoms with Gasteiger partial charge < -0.3 is 5.11 Å². The maximum atomic E-state index is 12.5. The molecule has 0 aliphatic carbocycles. The number of benzene rings is 1. The summed E-state index contributed by atoms with van der Waals surface area (Å²) >= 11 is 0. The van der Waals surface area contributed by atoms with Crippen molar-refractivity contribution >= 4 is 15.8 Å². The molecule has 1 atom stereocenters. The van der Waals surface area contributed by atoms with Gasteiger partial charge in [-0.2, -0.15) is 13.2 Å². The van der Waals surface area contributed by atoms with Gasteiger partial charge in [0, 0.05) is 0 Å². The van der Waals surface area contributed by atoms with Crippen molar-refractivity contribution in [2.75, 3.05) is 5.75 Å². The van der Waals surface area contributed by atoms with Gasteiger partial charge in [-0.1, -0.05) is 24.3 Å². The Morgan fingerprint density at radius 1 is 1.30 bits per heavy atom. The number of hydrogen-bond donors (Lipinski definition) is 1. The zero-order valence-electron chi connectivity index (χ0n) is 10.5. The molecule has 20 heavy (non-hydrogen) atoms. The summed E-state index contributed by atoms with van der Waals surface area (Å²) in [6, 6.07) is 6.34. The molecular formula is C12H13F3O4S. The number of carbonyl (C=O) groups is 1. The highest BCUT2D eigenvalue weighted by atomic mass is 32.2. The van der Waals surface area contributed by atoms with Crippen molar-refractivity contribution in [1.82, 2.24) is 0 Å². The van der Waals surface area contributed by atoms with E-state index in [2.05, 4.69) is 0 Å². The lowest BCUT2D eigenvalue weighted by atomic mass is 10.1. The van der Waals surface area contributed by atoms with E-state index >= 15 is 0 Å². The second-order valence-electron chi connectivity index (χ2n) is 4.41. The Morgan fingerprint density at radius 3 is 2.30 bits per heavy atom. The van der Waals surface area contributed by atoms with E-state index in [1.807, 2.05) is 0 Å². The molecule has 1 aromatic carbocycles. The van der Waals surface area contributed by atoms with Crippen molar-refractivity contribution in [2.24, 2.45) is 5.92 Å². The van der Waals surface area contributed by atoms with Crippen molar-refractivity contribution in [3.05, 3.63) is 35.4 Å². The molecule has 0 bridgehead atoms. The van der Waals surface area contributed by atoms with E-state index < -0.39 is 39.4 Å². The Kier molecular flexibility index (Phi) is 4.80. The van der Waals surface area contributed by atoms with Crippen LogP contribution in [-0.2, 0) is 20.4 Å². The zero-order chi connectivity index (χ0) is 15.6. The monoisotopic (exact) mass is 310 g/mol. The smallest absolute Gasteiger partial charge is 0.403 e. The Hall–Kier alpha value is -1.57. The van der Waals surface area contributed by atoms with Gasteiger partial charge in [0.05, 0.1) is 11.5 Å². The number of carboxylic acid groups (broad SMARTS) is 1. The molecule has 1 aromatic rings. The van der Waals surface area contributed by atoms with Crippen LogP contribution in [0.3, 0.4) is 0 Å². The van der Waals surface area contributed by atoms with Gasteiger partial charge in [-0.3, -0.25) is 4.79 Å². The van der Waals surface area contributed by atoms with Gasteiger partial charge >= 0.3 is 12.1 Å². The van der Waals surface area contributed by atoms with Crippen molar-refractivity contribution in [3.8, 4) is 0 Å². The predicted molar refractivity (Wildman–Crippen MR) is 65.9 cm³/mol. The molecule has 0 heterocycles. The van der Waals surface area contributed by atoms with Crippen LogP contribution in [0.5, 0.6) is 0 Å². The minimum atomic E-state index is -5.09. The summed E-state index contributed by atoms with van der Waals surface area (Å²) in [5.41, 5.74) is 0.980. The van der Waals surface area contributed by atoms with Crippen LogP contribution in [-0.4, -0.2) is 31.4 Å². The zero-order valence-corrected chi connectivity index (χ0v) is 11.3. The first-order chi connectivity index (χ1) is 9.03. The molecule has 0 aliphatic heterocycles. The normalized spacial score (nSPS) is 14.0. The standard InChI is InChI=1S/C12H13F3O4S/c1-8-4-2-3-5-9(8)6-20(18,19)7-10(11(16)17)12(13,14)15/h2-5,10H,6-7H2,1H3,(H,16,17). The average molecular weight is 310 g/mol. The van der Waals surface area contributed by atoms with Crippen LogP contribution in [0.4, 0.5) is 13.2 Å². The van der Waals surface area contributed by atoms with Crippen LogP contribution in [0.1, 0.15) is 11.1 Å². The van der Waals surface area contributed by atoms with E-state index in [-0.39, 0.29) is 0 Å². The van der Waals surface area contributed by atoms with Crippen LogP contribution < -0.4 is 0 Å². The molecule has 0 aliphatic rings. The van der Waals surface area contributed by atoms with Gasteiger partial charge in [0.15, 0.2) is 15.8 Å². The molecule has 8 heteroatoms. The highest BCUT2D eigenvalue weighted by Gasteiger charge is 2.47. The summed E-state index contributed by atoms with van der Waals surface area (Å²) in [4.78, 5) is 10.6. The van der Waals surface area contributed by atoms with E-state index in [4.69, 9.17) is 5.11 Å². The van der Waals surface area contributed by atoms with E-state index in [1.165, 1.54) is 6.07 Å². The fourth-order valence-corrected chi connectivity index (χ4v) is 3.38. The van der Waals surface area contributed by atoms with Crippen molar-refractivity contribution in [1.29, 1.82) is 0 Å². The third-order valence-electron chi connectivity index (χ3n) is 2.75. The molecule has 1 N–H and O–H groups in total. The number of aryl methyl sites for hydroxylation is 1. The number of aliphatic carboxylic acids is 1. The van der Waals surface area contributed by atoms with Gasteiger partial charge in [-0.05, 0) is 18.1 Å². The first-order valence-corrected chi connectivity index (χ1v) is 7.39. The quantitative estimate of drug-likeness (QED) is 0.905. The first-order valence-electron chi connectivity index (χ1n) is 5.57. The molecule has 0 aromatic heterocycles. The Labute approximate surface area is 114 Å². The number of rotatable bonds is 5. The highest BCUT2D eigenvalue weighted by molar-refractivity contribution is 7.90. The molecule has 0 amide bonds. The fourth-order valence-electron chi connectivity index (χ4n) is 1.63. The Balaban J connectivity index is 2.95. The molecule has 0 spiro atoms. The summed E-state index contributed by atoms with van der Waals surface area (Å²) in [5.74, 6) is -7.16. The van der Waals surface area contributed by atoms with Gasteiger partial charge in [-0.15, -0.1) is 0 Å². The van der Waals surface area contributed by atoms with Crippen molar-refractivity contribution < 1.29 is 31.5 Å². The van der Waals surface area contributed by atoms with E-state index in [1.54, 1.807) is 25.1 Å². The lowest BCUT2D eigenvalue weighted by Crippen LogP contribution is -2.36. The maximum absolute atomic E-state index is 12.5. The minimum absolute atomic E-state index is 0.360. The van der Waals surface area contributed by atoms with E-state index in [9.17, 15) is 26.4 Å². The number of halogens is 3. The third-order valence-corrected chi connectivity index (χ3v) is 4.34. The van der Waals surface area contributed by atoms with Crippen LogP contribution in [0.15, 0.2) is 24.3 Å². The van der Waals surface area contributed by atoms with Gasteiger partial charge in [-0.25, -0.2) is 8.42 Å². The second-order valence-corrected chi connectivity index (χ2v) is 6.52. The average Bonchev–Trinajstić information content (AvgIpc) is 2.27. The largest absolute Gasteiger partial charge is 0.481 e. The summed E-state index contributed by atoms with van der Waals surface area (Å²) in [6.45, 7) is 1.63. The lowest BCUT2D eigenvalue weighted by Gasteiger charge is -2.16. The molecule has 0 saturated heterocycles. The molecular weight excluding hydrogens is 297 g/mol. The number of alkyl halides is 3. The van der Waals surface area contributed by atoms with Crippen molar-refractivity contribution in [2.45, 2.75) is 18.9 Å². The molecule has 0 fully saturated rings. The molecule has 4 nitrogen and oxygen atoms in total. The lowest BCUT2D eigenvalue weighted by molar-refractivity contribution is -0.189. The number of hydrogen-bond acceptors (Lipinski definition) is 3. The Bertz CT molecular complexity index is 593. The van der Waals surface area contributed by atoms with Crippen molar-refractivity contribution in [3.63, 3.8) is 0 Å². The summed E-state index contributed by atoms with van der Waals surface area (Å²) in [5, 5.41) is 8.51. The molecule has 0 radical (unpaired) electrons. The second kappa shape index (κ2) is 5.82. The van der Waals surface area contributed by atoms with Crippen LogP contribution in [0.25, 0.3) is 0 Å². The van der Waals surface area contributed by atoms with E-state index in [0.717, 1.165) is 0 Å². The Morgan fingerprint density at radius 2 is 1.85 bits per heavy atom. The molecule has 112 valence electrons. The summed E-state index contributed by atoms with van der Waals surface area (Å²) < 4.78 is 60.9. The number of sulfone groups is 1. The predicted octanol–water partition coefficient (Wildman–Crippen LogP) is 2.17. The fraction of sp³-hybridized carbons (Fsp3) is 0.417. The SMILES string of the molecule is Cc1ccccc1CS(=O)(=O)CC(C(=O)O)C(F)(F)F. The summed E-state index contributed by atoms with van der Waals surface area (Å²) in [6.07, 6.45) is -5.09. The molecule has 1 unspecified atom stereocenters. The van der Waals surface area contributed by atoms with Gasteiger partial charge in [0.25, 0.3) is 0 Å². The van der Waals surface area contributed by atoms with Crippen LogP contribution in [0, 0.1) is 12.8 Å². The maximum Gasteiger partial charge on any atom is 0.403 e. The molecule has 0 saturated carbocycles. The first kappa shape index (κ1) is 16.5. The summed E-state index contributed by atoms with van der Waals surface area (Å²) in [7, 11) is -4.19. The van der Waals surface area contributed by atoms with Gasteiger partial charge in [0.1, 0.15) is 0 Å². The van der Waals surface area contributed by atoms with Crippen LogP contribution >= 0.6 is 0 Å². The number of carboxylic acids is 1. The van der Waals surface area contributed by atoms with Crippen LogP contribution in [0.2, 0.25) is 0 Å². The third kappa shape index (κ3) is 4.52. The van der Waals surface area contributed by atoms with E-state index in [0.29, 0.717) is 11.1 Å². The topological polar surface area (TPSA) is 71.4 Å². The van der Waals surface area contributed by atoms with Gasteiger partial charge in [0.2, 0.25) is 0 Å².